The first-order valence-corrected chi connectivity index (χ1v) is 6.88. The molecule has 94 valence electrons. The summed E-state index contributed by atoms with van der Waals surface area (Å²) in [5.74, 6) is 0. The van der Waals surface area contributed by atoms with Crippen LogP contribution in [0.1, 0.15) is 39.0 Å². The molecule has 0 saturated carbocycles. The molecule has 0 amide bonds. The van der Waals surface area contributed by atoms with Crippen LogP contribution < -0.4 is 5.73 Å². The van der Waals surface area contributed by atoms with Crippen molar-refractivity contribution in [3.63, 3.8) is 0 Å². The molecule has 0 bridgehead atoms. The van der Waals surface area contributed by atoms with E-state index in [-0.39, 0.29) is 0 Å². The van der Waals surface area contributed by atoms with E-state index in [0.29, 0.717) is 12.1 Å². The van der Waals surface area contributed by atoms with Crippen LogP contribution in [0.2, 0.25) is 0 Å². The van der Waals surface area contributed by atoms with Crippen LogP contribution in [0.15, 0.2) is 0 Å². The number of nitrogens with zero attached hydrogens (tertiary/aromatic N) is 2. The average Bonchev–Trinajstić information content (AvgIpc) is 2.29. The Morgan fingerprint density at radius 1 is 1.12 bits per heavy atom. The van der Waals surface area contributed by atoms with Gasteiger partial charge in [-0.1, -0.05) is 6.42 Å². The van der Waals surface area contributed by atoms with E-state index >= 15 is 0 Å². The molecule has 2 saturated heterocycles. The molecule has 2 fully saturated rings. The number of hydrogen-bond acceptors (Lipinski definition) is 3. The van der Waals surface area contributed by atoms with Gasteiger partial charge in [0.05, 0.1) is 0 Å². The van der Waals surface area contributed by atoms with Crippen LogP contribution in [0.25, 0.3) is 0 Å². The smallest absolute Gasteiger partial charge is 0.0247 e. The van der Waals surface area contributed by atoms with Gasteiger partial charge in [-0.3, -0.25) is 4.90 Å². The Morgan fingerprint density at radius 2 is 1.94 bits per heavy atom. The average molecular weight is 225 g/mol. The van der Waals surface area contributed by atoms with Gasteiger partial charge in [0.2, 0.25) is 0 Å². The van der Waals surface area contributed by atoms with E-state index in [1.165, 1.54) is 51.7 Å². The Balaban J connectivity index is 1.98. The summed E-state index contributed by atoms with van der Waals surface area (Å²) in [6.45, 7) is 5.96. The van der Waals surface area contributed by atoms with Gasteiger partial charge in [-0.25, -0.2) is 0 Å². The van der Waals surface area contributed by atoms with E-state index in [9.17, 15) is 0 Å². The third-order valence-corrected chi connectivity index (χ3v) is 4.27. The van der Waals surface area contributed by atoms with Crippen molar-refractivity contribution in [2.75, 3.05) is 26.7 Å². The number of piperidine rings is 2. The topological polar surface area (TPSA) is 32.5 Å². The molecule has 2 aliphatic rings. The Morgan fingerprint density at radius 3 is 2.62 bits per heavy atom. The third kappa shape index (κ3) is 2.76. The summed E-state index contributed by atoms with van der Waals surface area (Å²) in [6, 6.07) is 1.72. The van der Waals surface area contributed by atoms with E-state index in [1.807, 2.05) is 0 Å². The number of likely N-dealkylation sites (N-methyl/N-ethyl adjacent to an activating group) is 1. The zero-order valence-corrected chi connectivity index (χ0v) is 10.9. The molecule has 0 aromatic heterocycles. The first kappa shape index (κ1) is 12.3. The van der Waals surface area contributed by atoms with Gasteiger partial charge >= 0.3 is 0 Å². The summed E-state index contributed by atoms with van der Waals surface area (Å²) >= 11 is 0. The molecule has 3 unspecified atom stereocenters. The monoisotopic (exact) mass is 225 g/mol. The molecule has 0 spiro atoms. The van der Waals surface area contributed by atoms with Gasteiger partial charge in [0, 0.05) is 24.7 Å². The highest BCUT2D eigenvalue weighted by Gasteiger charge is 2.32. The number of hydrogen-bond donors (Lipinski definition) is 1. The van der Waals surface area contributed by atoms with Crippen molar-refractivity contribution in [2.24, 2.45) is 5.73 Å². The summed E-state index contributed by atoms with van der Waals surface area (Å²) in [4.78, 5) is 5.19. The summed E-state index contributed by atoms with van der Waals surface area (Å²) in [7, 11) is 2.25. The number of nitrogens with two attached hydrogens (primary N) is 1. The van der Waals surface area contributed by atoms with Crippen molar-refractivity contribution in [1.29, 1.82) is 0 Å². The molecule has 0 aliphatic carbocycles. The molecule has 2 heterocycles. The lowest BCUT2D eigenvalue weighted by atomic mass is 9.92. The zero-order chi connectivity index (χ0) is 11.5. The highest BCUT2D eigenvalue weighted by molar-refractivity contribution is 4.90. The highest BCUT2D eigenvalue weighted by atomic mass is 15.3. The molecule has 2 N–H and O–H groups in total. The fraction of sp³-hybridized carbons (Fsp3) is 1.00. The maximum absolute atomic E-state index is 6.14. The number of rotatable bonds is 2. The van der Waals surface area contributed by atoms with Gasteiger partial charge in [-0.05, 0) is 52.7 Å². The van der Waals surface area contributed by atoms with Crippen LogP contribution in [0, 0.1) is 0 Å². The second-order valence-corrected chi connectivity index (χ2v) is 5.72. The summed E-state index contributed by atoms with van der Waals surface area (Å²) in [6.07, 6.45) is 6.75. The molecule has 3 heteroatoms. The van der Waals surface area contributed by atoms with Crippen molar-refractivity contribution >= 4 is 0 Å². The lowest BCUT2D eigenvalue weighted by molar-refractivity contribution is 0.0417. The standard InChI is InChI=1S/C13H27N3/c1-11(14)13-7-3-4-9-16(13)12-6-5-8-15(2)10-12/h11-13H,3-10,14H2,1-2H3. The van der Waals surface area contributed by atoms with Crippen LogP contribution in [0.3, 0.4) is 0 Å². The largest absolute Gasteiger partial charge is 0.327 e. The summed E-state index contributed by atoms with van der Waals surface area (Å²) < 4.78 is 0. The fourth-order valence-electron chi connectivity index (χ4n) is 3.41. The summed E-state index contributed by atoms with van der Waals surface area (Å²) in [5, 5.41) is 0. The minimum absolute atomic E-state index is 0.326. The van der Waals surface area contributed by atoms with Gasteiger partial charge in [-0.2, -0.15) is 0 Å². The van der Waals surface area contributed by atoms with Crippen molar-refractivity contribution in [3.05, 3.63) is 0 Å². The molecule has 0 aromatic carbocycles. The molecule has 0 radical (unpaired) electrons. The van der Waals surface area contributed by atoms with Gasteiger partial charge < -0.3 is 10.6 Å². The SMILES string of the molecule is CC(N)C1CCCCN1C1CCCN(C)C1. The van der Waals surface area contributed by atoms with E-state index in [2.05, 4.69) is 23.8 Å². The van der Waals surface area contributed by atoms with E-state index < -0.39 is 0 Å². The Kier molecular flexibility index (Phi) is 4.22. The number of likely N-dealkylation sites (tertiary alicyclic amines) is 2. The molecule has 3 nitrogen and oxygen atoms in total. The van der Waals surface area contributed by atoms with Gasteiger partial charge in [0.25, 0.3) is 0 Å². The molecule has 2 aliphatic heterocycles. The van der Waals surface area contributed by atoms with Crippen LogP contribution in [-0.4, -0.2) is 54.6 Å². The Bertz CT molecular complexity index is 217. The maximum atomic E-state index is 6.14. The van der Waals surface area contributed by atoms with Gasteiger partial charge in [0.15, 0.2) is 0 Å². The van der Waals surface area contributed by atoms with E-state index in [1.54, 1.807) is 0 Å². The maximum Gasteiger partial charge on any atom is 0.0247 e. The lowest BCUT2D eigenvalue weighted by Gasteiger charge is -2.46. The van der Waals surface area contributed by atoms with Crippen LogP contribution >= 0.6 is 0 Å². The Labute approximate surface area is 100.0 Å². The first-order chi connectivity index (χ1) is 7.68. The highest BCUT2D eigenvalue weighted by Crippen LogP contribution is 2.25. The van der Waals surface area contributed by atoms with E-state index in [0.717, 1.165) is 6.04 Å². The second kappa shape index (κ2) is 5.48. The quantitative estimate of drug-likeness (QED) is 0.768. The molecule has 16 heavy (non-hydrogen) atoms. The zero-order valence-electron chi connectivity index (χ0n) is 10.9. The van der Waals surface area contributed by atoms with Crippen molar-refractivity contribution in [2.45, 2.75) is 57.2 Å². The predicted molar refractivity (Wildman–Crippen MR) is 68.5 cm³/mol. The molecule has 3 atom stereocenters. The van der Waals surface area contributed by atoms with Crippen molar-refractivity contribution < 1.29 is 0 Å². The molecular formula is C13H27N3. The predicted octanol–water partition coefficient (Wildman–Crippen LogP) is 1.28. The van der Waals surface area contributed by atoms with Crippen LogP contribution in [-0.2, 0) is 0 Å². The van der Waals surface area contributed by atoms with Gasteiger partial charge in [-0.15, -0.1) is 0 Å². The van der Waals surface area contributed by atoms with Crippen LogP contribution in [0.5, 0.6) is 0 Å². The Hall–Kier alpha value is -0.120. The fourth-order valence-corrected chi connectivity index (χ4v) is 3.41. The minimum Gasteiger partial charge on any atom is -0.327 e. The van der Waals surface area contributed by atoms with Crippen molar-refractivity contribution in [3.8, 4) is 0 Å². The minimum atomic E-state index is 0.326. The molecular weight excluding hydrogens is 198 g/mol. The second-order valence-electron chi connectivity index (χ2n) is 5.72. The first-order valence-electron chi connectivity index (χ1n) is 6.88. The lowest BCUT2D eigenvalue weighted by Crippen LogP contribution is -2.57. The van der Waals surface area contributed by atoms with Crippen molar-refractivity contribution in [1.82, 2.24) is 9.80 Å². The van der Waals surface area contributed by atoms with Crippen LogP contribution in [0.4, 0.5) is 0 Å². The van der Waals surface area contributed by atoms with E-state index in [4.69, 9.17) is 5.73 Å². The molecule has 0 aromatic rings. The molecule has 2 rings (SSSR count). The third-order valence-electron chi connectivity index (χ3n) is 4.27. The normalized spacial score (nSPS) is 36.2. The van der Waals surface area contributed by atoms with Gasteiger partial charge in [0.1, 0.15) is 0 Å². The summed E-state index contributed by atoms with van der Waals surface area (Å²) in [5.41, 5.74) is 6.14.